The highest BCUT2D eigenvalue weighted by molar-refractivity contribution is 7.98. The third kappa shape index (κ3) is 3.51. The van der Waals surface area contributed by atoms with Crippen molar-refractivity contribution in [1.82, 2.24) is 25.2 Å². The summed E-state index contributed by atoms with van der Waals surface area (Å²) < 4.78 is 7.08. The Labute approximate surface area is 147 Å². The summed E-state index contributed by atoms with van der Waals surface area (Å²) in [6.45, 7) is 0. The van der Waals surface area contributed by atoms with Crippen LogP contribution in [0.5, 0.6) is 5.75 Å². The van der Waals surface area contributed by atoms with Crippen molar-refractivity contribution in [3.63, 3.8) is 0 Å². The Bertz CT molecular complexity index is 811. The van der Waals surface area contributed by atoms with Gasteiger partial charge in [-0.3, -0.25) is 0 Å². The number of benzene rings is 1. The van der Waals surface area contributed by atoms with Crippen LogP contribution in [0.2, 0.25) is 0 Å². The summed E-state index contributed by atoms with van der Waals surface area (Å²) in [7, 11) is 1.66. The van der Waals surface area contributed by atoms with E-state index in [9.17, 15) is 0 Å². The van der Waals surface area contributed by atoms with Gasteiger partial charge in [0.25, 0.3) is 0 Å². The van der Waals surface area contributed by atoms with Gasteiger partial charge in [-0.2, -0.15) is 0 Å². The predicted octanol–water partition coefficient (Wildman–Crippen LogP) is 3.51. The normalized spacial score (nSPS) is 13.9. The minimum absolute atomic E-state index is 0.491. The summed E-state index contributed by atoms with van der Waals surface area (Å²) in [5.41, 5.74) is 2.01. The van der Waals surface area contributed by atoms with Crippen LogP contribution < -0.4 is 10.1 Å². The SMILES string of the molecule is COc1ccc(Nc2nc(CSc3nnnn3C3CC3)cs2)cc1. The van der Waals surface area contributed by atoms with Crippen molar-refractivity contribution in [1.29, 1.82) is 0 Å². The van der Waals surface area contributed by atoms with Gasteiger partial charge in [-0.05, 0) is 47.5 Å². The molecule has 1 N–H and O–H groups in total. The Kier molecular flexibility index (Phi) is 4.35. The Morgan fingerprint density at radius 2 is 2.17 bits per heavy atom. The summed E-state index contributed by atoms with van der Waals surface area (Å²) in [4.78, 5) is 4.62. The zero-order valence-corrected chi connectivity index (χ0v) is 14.7. The van der Waals surface area contributed by atoms with E-state index in [1.54, 1.807) is 30.2 Å². The number of tetrazole rings is 1. The van der Waals surface area contributed by atoms with E-state index in [4.69, 9.17) is 4.74 Å². The zero-order chi connectivity index (χ0) is 16.4. The number of nitrogens with zero attached hydrogens (tertiary/aromatic N) is 5. The van der Waals surface area contributed by atoms with Gasteiger partial charge in [0.1, 0.15) is 5.75 Å². The van der Waals surface area contributed by atoms with Crippen LogP contribution >= 0.6 is 23.1 Å². The third-order valence-corrected chi connectivity index (χ3v) is 5.37. The number of thioether (sulfide) groups is 1. The fourth-order valence-corrected chi connectivity index (χ4v) is 3.87. The van der Waals surface area contributed by atoms with Gasteiger partial charge in [-0.25, -0.2) is 9.67 Å². The quantitative estimate of drug-likeness (QED) is 0.646. The largest absolute Gasteiger partial charge is 0.497 e. The summed E-state index contributed by atoms with van der Waals surface area (Å²) >= 11 is 3.22. The second kappa shape index (κ2) is 6.78. The molecule has 0 spiro atoms. The van der Waals surface area contributed by atoms with Gasteiger partial charge in [0.15, 0.2) is 5.13 Å². The van der Waals surface area contributed by atoms with Crippen LogP contribution in [0.4, 0.5) is 10.8 Å². The van der Waals surface area contributed by atoms with Crippen molar-refractivity contribution in [3.8, 4) is 5.75 Å². The maximum Gasteiger partial charge on any atom is 0.209 e. The van der Waals surface area contributed by atoms with Crippen LogP contribution in [-0.2, 0) is 5.75 Å². The first kappa shape index (κ1) is 15.4. The Morgan fingerprint density at radius 1 is 1.33 bits per heavy atom. The molecule has 0 amide bonds. The number of ether oxygens (including phenoxy) is 1. The zero-order valence-electron chi connectivity index (χ0n) is 13.0. The molecule has 0 atom stereocenters. The lowest BCUT2D eigenvalue weighted by Crippen LogP contribution is -1.98. The van der Waals surface area contributed by atoms with E-state index >= 15 is 0 Å². The van der Waals surface area contributed by atoms with Crippen molar-refractivity contribution in [2.45, 2.75) is 29.8 Å². The number of aromatic nitrogens is 5. The molecule has 1 aromatic carbocycles. The lowest BCUT2D eigenvalue weighted by molar-refractivity contribution is 0.415. The van der Waals surface area contributed by atoms with Crippen molar-refractivity contribution in [2.75, 3.05) is 12.4 Å². The fraction of sp³-hybridized carbons (Fsp3) is 0.333. The molecule has 1 saturated carbocycles. The first-order chi connectivity index (χ1) is 11.8. The monoisotopic (exact) mass is 360 g/mol. The molecule has 0 unspecified atom stereocenters. The van der Waals surface area contributed by atoms with Crippen LogP contribution in [0, 0.1) is 0 Å². The average Bonchev–Trinajstić information content (AvgIpc) is 3.18. The van der Waals surface area contributed by atoms with Crippen LogP contribution in [0.1, 0.15) is 24.6 Å². The van der Waals surface area contributed by atoms with Gasteiger partial charge >= 0.3 is 0 Å². The molecule has 0 bridgehead atoms. The average molecular weight is 360 g/mol. The maximum absolute atomic E-state index is 5.16. The molecule has 1 fully saturated rings. The number of anilines is 2. The van der Waals surface area contributed by atoms with Gasteiger partial charge in [0.2, 0.25) is 5.16 Å². The lowest BCUT2D eigenvalue weighted by Gasteiger charge is -2.04. The minimum Gasteiger partial charge on any atom is -0.497 e. The molecule has 1 aliphatic carbocycles. The number of nitrogens with one attached hydrogen (secondary N) is 1. The van der Waals surface area contributed by atoms with E-state index in [0.29, 0.717) is 6.04 Å². The molecule has 24 heavy (non-hydrogen) atoms. The molecule has 4 rings (SSSR count). The highest BCUT2D eigenvalue weighted by atomic mass is 32.2. The van der Waals surface area contributed by atoms with E-state index < -0.39 is 0 Å². The van der Waals surface area contributed by atoms with Gasteiger partial charge in [0.05, 0.1) is 18.8 Å². The molecule has 2 heterocycles. The number of hydrogen-bond donors (Lipinski definition) is 1. The summed E-state index contributed by atoms with van der Waals surface area (Å²) in [6.07, 6.45) is 2.34. The molecule has 0 radical (unpaired) electrons. The van der Waals surface area contributed by atoms with E-state index in [1.165, 1.54) is 12.8 Å². The summed E-state index contributed by atoms with van der Waals surface area (Å²) in [5, 5.41) is 19.0. The highest BCUT2D eigenvalue weighted by Crippen LogP contribution is 2.37. The van der Waals surface area contributed by atoms with E-state index in [1.807, 2.05) is 28.9 Å². The Morgan fingerprint density at radius 3 is 2.92 bits per heavy atom. The number of rotatable bonds is 7. The van der Waals surface area contributed by atoms with E-state index in [2.05, 4.69) is 31.2 Å². The molecule has 3 aromatic rings. The van der Waals surface area contributed by atoms with Gasteiger partial charge < -0.3 is 10.1 Å². The molecule has 0 aliphatic heterocycles. The highest BCUT2D eigenvalue weighted by Gasteiger charge is 2.27. The summed E-state index contributed by atoms with van der Waals surface area (Å²) in [5.74, 6) is 1.60. The molecule has 2 aromatic heterocycles. The van der Waals surface area contributed by atoms with Crippen LogP contribution in [-0.4, -0.2) is 32.3 Å². The third-order valence-electron chi connectivity index (χ3n) is 3.60. The van der Waals surface area contributed by atoms with Gasteiger partial charge in [-0.15, -0.1) is 16.4 Å². The number of methoxy groups -OCH3 is 1. The first-order valence-corrected chi connectivity index (χ1v) is 9.44. The van der Waals surface area contributed by atoms with Crippen LogP contribution in [0.3, 0.4) is 0 Å². The molecule has 1 aliphatic rings. The van der Waals surface area contributed by atoms with Crippen molar-refractivity contribution in [2.24, 2.45) is 0 Å². The smallest absolute Gasteiger partial charge is 0.209 e. The Balaban J connectivity index is 1.36. The van der Waals surface area contributed by atoms with Crippen molar-refractivity contribution < 1.29 is 4.74 Å². The minimum atomic E-state index is 0.491. The molecule has 124 valence electrons. The van der Waals surface area contributed by atoms with Crippen LogP contribution in [0.25, 0.3) is 0 Å². The number of hydrogen-bond acceptors (Lipinski definition) is 8. The topological polar surface area (TPSA) is 77.8 Å². The van der Waals surface area contributed by atoms with E-state index in [-0.39, 0.29) is 0 Å². The predicted molar refractivity (Wildman–Crippen MR) is 94.0 cm³/mol. The van der Waals surface area contributed by atoms with Crippen LogP contribution in [0.15, 0.2) is 34.8 Å². The second-order valence-corrected chi connectivity index (χ2v) is 7.22. The molecule has 9 heteroatoms. The number of thiazole rings is 1. The Hall–Kier alpha value is -2.13. The fourth-order valence-electron chi connectivity index (χ4n) is 2.20. The molecular weight excluding hydrogens is 344 g/mol. The lowest BCUT2D eigenvalue weighted by atomic mass is 10.3. The molecule has 0 saturated heterocycles. The van der Waals surface area contributed by atoms with Gasteiger partial charge in [0, 0.05) is 16.8 Å². The standard InChI is InChI=1S/C15H16N6OS2/c1-22-13-6-2-10(3-7-13)16-14-17-11(8-23-14)9-24-15-18-19-20-21(15)12-4-5-12/h2-3,6-8,12H,4-5,9H2,1H3,(H,16,17). The van der Waals surface area contributed by atoms with Crippen molar-refractivity contribution in [3.05, 3.63) is 35.3 Å². The molecular formula is C15H16N6OS2. The second-order valence-electron chi connectivity index (χ2n) is 5.42. The first-order valence-electron chi connectivity index (χ1n) is 7.58. The summed E-state index contributed by atoms with van der Waals surface area (Å²) in [6, 6.07) is 8.27. The molecule has 7 nitrogen and oxygen atoms in total. The maximum atomic E-state index is 5.16. The van der Waals surface area contributed by atoms with E-state index in [0.717, 1.165) is 33.2 Å². The van der Waals surface area contributed by atoms with Gasteiger partial charge in [-0.1, -0.05) is 11.8 Å². The van der Waals surface area contributed by atoms with Crippen molar-refractivity contribution >= 4 is 33.9 Å².